The molecule has 1 aliphatic heterocycles. The highest BCUT2D eigenvalue weighted by atomic mass is 35.5. The van der Waals surface area contributed by atoms with Crippen LogP contribution in [-0.4, -0.2) is 37.1 Å². The summed E-state index contributed by atoms with van der Waals surface area (Å²) in [4.78, 5) is 24.5. The molecule has 21 heavy (non-hydrogen) atoms. The van der Waals surface area contributed by atoms with Gasteiger partial charge < -0.3 is 15.8 Å². The molecule has 1 heterocycles. The first-order valence-corrected chi connectivity index (χ1v) is 7.04. The molecule has 5 nitrogen and oxygen atoms in total. The average Bonchev–Trinajstić information content (AvgIpc) is 2.87. The number of carbonyl (C=O) groups excluding carboxylic acids is 2. The third-order valence-corrected chi connectivity index (χ3v) is 3.79. The topological polar surface area (TPSA) is 61.4 Å². The predicted molar refractivity (Wildman–Crippen MR) is 83.0 cm³/mol. The Morgan fingerprint density at radius 3 is 2.67 bits per heavy atom. The number of nitrogens with zero attached hydrogens (tertiary/aromatic N) is 1. The number of carbonyl (C=O) groups is 2. The summed E-state index contributed by atoms with van der Waals surface area (Å²) in [5, 5.41) is 0.671. The van der Waals surface area contributed by atoms with Crippen LogP contribution in [0.4, 0.5) is 5.69 Å². The maximum Gasteiger partial charge on any atom is 0.203 e. The highest BCUT2D eigenvalue weighted by molar-refractivity contribution is 6.30. The van der Waals surface area contributed by atoms with Crippen molar-refractivity contribution in [3.63, 3.8) is 0 Å². The number of likely N-dealkylation sites (tertiary alicyclic amines) is 1. The maximum absolute atomic E-state index is 11.7. The van der Waals surface area contributed by atoms with Gasteiger partial charge in [-0.15, -0.1) is 0 Å². The van der Waals surface area contributed by atoms with Gasteiger partial charge >= 0.3 is 0 Å². The van der Waals surface area contributed by atoms with Gasteiger partial charge in [-0.3, -0.25) is 9.59 Å². The summed E-state index contributed by atoms with van der Waals surface area (Å²) in [5.74, 6) is -0.728. The van der Waals surface area contributed by atoms with Gasteiger partial charge in [-0.25, -0.2) is 0 Å². The van der Waals surface area contributed by atoms with E-state index in [-0.39, 0.29) is 11.7 Å². The summed E-state index contributed by atoms with van der Waals surface area (Å²) in [5.41, 5.74) is 8.80. The summed E-state index contributed by atoms with van der Waals surface area (Å²) in [6, 6.07) is 7.27. The Kier molecular flexibility index (Phi) is 4.98. The molecule has 0 saturated carbocycles. The van der Waals surface area contributed by atoms with Gasteiger partial charge in [0.2, 0.25) is 5.78 Å². The molecule has 6 heteroatoms. The van der Waals surface area contributed by atoms with Crippen molar-refractivity contribution < 1.29 is 9.59 Å². The number of ketones is 1. The maximum atomic E-state index is 11.7. The molecule has 112 valence electrons. The number of hydrazine groups is 1. The lowest BCUT2D eigenvalue weighted by Gasteiger charge is -2.15. The Bertz CT molecular complexity index is 569. The monoisotopic (exact) mass is 307 g/mol. The molecule has 1 aliphatic rings. The molecular weight excluding hydrogens is 290 g/mol. The zero-order chi connectivity index (χ0) is 15.4. The Morgan fingerprint density at radius 1 is 1.38 bits per heavy atom. The van der Waals surface area contributed by atoms with Gasteiger partial charge in [0, 0.05) is 23.8 Å². The van der Waals surface area contributed by atoms with Crippen LogP contribution in [0.3, 0.4) is 0 Å². The lowest BCUT2D eigenvalue weighted by atomic mass is 9.97. The Morgan fingerprint density at radius 2 is 2.05 bits per heavy atom. The minimum atomic E-state index is -0.373. The van der Waals surface area contributed by atoms with E-state index in [1.165, 1.54) is 0 Å². The smallest absolute Gasteiger partial charge is 0.203 e. The van der Waals surface area contributed by atoms with E-state index in [2.05, 4.69) is 10.9 Å². The first-order valence-electron chi connectivity index (χ1n) is 6.66. The van der Waals surface area contributed by atoms with E-state index in [4.69, 9.17) is 11.6 Å². The van der Waals surface area contributed by atoms with Gasteiger partial charge in [0.25, 0.3) is 0 Å². The predicted octanol–water partition coefficient (Wildman–Crippen LogP) is 1.86. The van der Waals surface area contributed by atoms with E-state index in [0.717, 1.165) is 17.0 Å². The van der Waals surface area contributed by atoms with E-state index in [1.807, 2.05) is 31.0 Å². The van der Waals surface area contributed by atoms with Crippen molar-refractivity contribution in [2.24, 2.45) is 5.92 Å². The van der Waals surface area contributed by atoms with Gasteiger partial charge in [-0.2, -0.15) is 0 Å². The third kappa shape index (κ3) is 3.83. The molecule has 2 N–H and O–H groups in total. The Labute approximate surface area is 128 Å². The molecule has 0 aromatic heterocycles. The van der Waals surface area contributed by atoms with Gasteiger partial charge in [0.05, 0.1) is 11.6 Å². The number of likely N-dealkylation sites (N-methyl/N-ethyl adjacent to an activating group) is 1. The molecule has 1 fully saturated rings. The second-order valence-electron chi connectivity index (χ2n) is 5.18. The molecule has 1 aromatic carbocycles. The van der Waals surface area contributed by atoms with E-state index < -0.39 is 0 Å². The lowest BCUT2D eigenvalue weighted by Crippen LogP contribution is -2.25. The molecule has 2 rings (SSSR count). The third-order valence-electron chi connectivity index (χ3n) is 3.53. The van der Waals surface area contributed by atoms with Crippen molar-refractivity contribution in [2.45, 2.75) is 6.92 Å². The van der Waals surface area contributed by atoms with Crippen LogP contribution < -0.4 is 10.9 Å². The van der Waals surface area contributed by atoms with Crippen molar-refractivity contribution in [2.75, 3.05) is 25.6 Å². The van der Waals surface area contributed by atoms with Crippen LogP contribution in [-0.2, 0) is 9.59 Å². The average molecular weight is 308 g/mol. The minimum absolute atomic E-state index is 0.355. The summed E-state index contributed by atoms with van der Waals surface area (Å²) >= 11 is 5.83. The molecule has 1 aromatic rings. The first-order chi connectivity index (χ1) is 10.0. The van der Waals surface area contributed by atoms with Crippen LogP contribution >= 0.6 is 11.6 Å². The van der Waals surface area contributed by atoms with Gasteiger partial charge in [0.15, 0.2) is 6.29 Å². The first kappa shape index (κ1) is 15.5. The Hall–Kier alpha value is -1.85. The van der Waals surface area contributed by atoms with E-state index in [0.29, 0.717) is 24.4 Å². The van der Waals surface area contributed by atoms with E-state index in [1.54, 1.807) is 12.1 Å². The number of Topliss-reactive ketones (excluding diaryl/α,β-unsaturated/α-hetero) is 1. The molecule has 1 unspecified atom stereocenters. The van der Waals surface area contributed by atoms with Crippen LogP contribution in [0.25, 0.3) is 0 Å². The summed E-state index contributed by atoms with van der Waals surface area (Å²) < 4.78 is 0. The van der Waals surface area contributed by atoms with E-state index in [9.17, 15) is 9.59 Å². The van der Waals surface area contributed by atoms with Crippen LogP contribution in [0, 0.1) is 5.92 Å². The van der Waals surface area contributed by atoms with Crippen LogP contribution in [0.15, 0.2) is 35.5 Å². The number of aldehydes is 1. The van der Waals surface area contributed by atoms with Crippen LogP contribution in [0.1, 0.15) is 6.92 Å². The number of hydrogen-bond acceptors (Lipinski definition) is 5. The molecule has 0 amide bonds. The minimum Gasteiger partial charge on any atom is -0.305 e. The molecule has 0 bridgehead atoms. The van der Waals surface area contributed by atoms with Crippen LogP contribution in [0.5, 0.6) is 0 Å². The second kappa shape index (κ2) is 6.74. The largest absolute Gasteiger partial charge is 0.305 e. The SMILES string of the molecule is CC(NNc1ccc(Cl)cc1)=C1CN(C)CC1C(=O)C=O. The number of halogens is 1. The highest BCUT2D eigenvalue weighted by Crippen LogP contribution is 2.24. The van der Waals surface area contributed by atoms with E-state index >= 15 is 0 Å². The second-order valence-corrected chi connectivity index (χ2v) is 5.61. The molecule has 0 aliphatic carbocycles. The van der Waals surface area contributed by atoms with Gasteiger partial charge in [0.1, 0.15) is 0 Å². The molecule has 0 radical (unpaired) electrons. The number of benzene rings is 1. The molecular formula is C15H18ClN3O2. The molecule has 0 spiro atoms. The van der Waals surface area contributed by atoms with Gasteiger partial charge in [-0.1, -0.05) is 11.6 Å². The van der Waals surface area contributed by atoms with Crippen LogP contribution in [0.2, 0.25) is 5.02 Å². The number of anilines is 1. The van der Waals surface area contributed by atoms with Gasteiger partial charge in [-0.05, 0) is 43.8 Å². The highest BCUT2D eigenvalue weighted by Gasteiger charge is 2.32. The molecule has 1 atom stereocenters. The standard InChI is InChI=1S/C15H18ClN3O2/c1-10(17-18-12-5-3-11(16)4-6-12)13-7-19(2)8-14(13)15(21)9-20/h3-6,9,14,17-18H,7-8H2,1-2H3. The fourth-order valence-electron chi connectivity index (χ4n) is 2.39. The number of allylic oxidation sites excluding steroid dienone is 1. The zero-order valence-corrected chi connectivity index (χ0v) is 12.8. The summed E-state index contributed by atoms with van der Waals surface area (Å²) in [7, 11) is 1.93. The molecule has 1 saturated heterocycles. The normalized spacial score (nSPS) is 21.0. The fourth-order valence-corrected chi connectivity index (χ4v) is 2.52. The van der Waals surface area contributed by atoms with Crippen molar-refractivity contribution in [1.29, 1.82) is 0 Å². The lowest BCUT2D eigenvalue weighted by molar-refractivity contribution is -0.131. The summed E-state index contributed by atoms with van der Waals surface area (Å²) in [6.45, 7) is 3.14. The van der Waals surface area contributed by atoms with Crippen molar-refractivity contribution >= 4 is 29.4 Å². The zero-order valence-electron chi connectivity index (χ0n) is 12.0. The van der Waals surface area contributed by atoms with Crippen molar-refractivity contribution in [3.8, 4) is 0 Å². The Balaban J connectivity index is 2.08. The number of rotatable bonds is 5. The van der Waals surface area contributed by atoms with Crippen molar-refractivity contribution in [3.05, 3.63) is 40.6 Å². The number of hydrogen-bond donors (Lipinski definition) is 2. The van der Waals surface area contributed by atoms with Crippen molar-refractivity contribution in [1.82, 2.24) is 10.3 Å². The number of nitrogens with one attached hydrogen (secondary N) is 2. The summed E-state index contributed by atoms with van der Waals surface area (Å²) in [6.07, 6.45) is 0.406. The quantitative estimate of drug-likeness (QED) is 0.494. The fraction of sp³-hybridized carbons (Fsp3) is 0.333.